The minimum Gasteiger partial charge on any atom is -0.342 e. The van der Waals surface area contributed by atoms with Crippen molar-refractivity contribution in [1.82, 2.24) is 15.1 Å². The van der Waals surface area contributed by atoms with Gasteiger partial charge in [-0.3, -0.25) is 4.79 Å². The first-order valence-corrected chi connectivity index (χ1v) is 9.69. The first-order valence-electron chi connectivity index (χ1n) is 7.89. The minimum absolute atomic E-state index is 0.124. The SMILES string of the molecule is CCCCN(CC)C(=O)CSc1nnc(Nc2ccc(F)cc2)s1. The number of benzene rings is 1. The van der Waals surface area contributed by atoms with Gasteiger partial charge in [-0.2, -0.15) is 0 Å². The lowest BCUT2D eigenvalue weighted by molar-refractivity contribution is -0.128. The molecule has 0 aliphatic heterocycles. The maximum Gasteiger partial charge on any atom is 0.233 e. The number of rotatable bonds is 9. The summed E-state index contributed by atoms with van der Waals surface area (Å²) in [6.45, 7) is 5.64. The summed E-state index contributed by atoms with van der Waals surface area (Å²) in [5, 5.41) is 11.8. The van der Waals surface area contributed by atoms with Gasteiger partial charge in [0.15, 0.2) is 4.34 Å². The average molecular weight is 369 g/mol. The van der Waals surface area contributed by atoms with Crippen LogP contribution in [0.15, 0.2) is 28.6 Å². The number of hydrogen-bond acceptors (Lipinski definition) is 6. The second-order valence-corrected chi connectivity index (χ2v) is 7.32. The third-order valence-corrected chi connectivity index (χ3v) is 5.29. The fraction of sp³-hybridized carbons (Fsp3) is 0.438. The number of hydrogen-bond donors (Lipinski definition) is 1. The molecule has 8 heteroatoms. The molecule has 0 aliphatic carbocycles. The number of amides is 1. The highest BCUT2D eigenvalue weighted by molar-refractivity contribution is 8.01. The van der Waals surface area contributed by atoms with E-state index in [4.69, 9.17) is 0 Å². The van der Waals surface area contributed by atoms with Crippen LogP contribution in [0.2, 0.25) is 0 Å². The molecule has 0 spiro atoms. The normalized spacial score (nSPS) is 10.6. The molecule has 24 heavy (non-hydrogen) atoms. The van der Waals surface area contributed by atoms with E-state index in [1.807, 2.05) is 11.8 Å². The van der Waals surface area contributed by atoms with Crippen molar-refractivity contribution in [1.29, 1.82) is 0 Å². The van der Waals surface area contributed by atoms with E-state index < -0.39 is 0 Å². The molecule has 0 saturated carbocycles. The van der Waals surface area contributed by atoms with E-state index in [2.05, 4.69) is 22.4 Å². The van der Waals surface area contributed by atoms with E-state index in [1.165, 1.54) is 35.2 Å². The lowest BCUT2D eigenvalue weighted by atomic mass is 10.3. The topological polar surface area (TPSA) is 58.1 Å². The van der Waals surface area contributed by atoms with Crippen molar-refractivity contribution in [3.05, 3.63) is 30.1 Å². The Balaban J connectivity index is 1.84. The zero-order valence-electron chi connectivity index (χ0n) is 13.8. The summed E-state index contributed by atoms with van der Waals surface area (Å²) < 4.78 is 13.6. The second kappa shape index (κ2) is 9.58. The van der Waals surface area contributed by atoms with Gasteiger partial charge in [0.1, 0.15) is 5.82 Å². The van der Waals surface area contributed by atoms with Crippen LogP contribution >= 0.6 is 23.1 Å². The highest BCUT2D eigenvalue weighted by Gasteiger charge is 2.13. The van der Waals surface area contributed by atoms with Crippen LogP contribution in [-0.2, 0) is 4.79 Å². The van der Waals surface area contributed by atoms with Crippen LogP contribution in [0.1, 0.15) is 26.7 Å². The van der Waals surface area contributed by atoms with Crippen molar-refractivity contribution in [2.45, 2.75) is 31.0 Å². The molecule has 1 aromatic heterocycles. The van der Waals surface area contributed by atoms with Crippen LogP contribution < -0.4 is 5.32 Å². The van der Waals surface area contributed by atoms with Crippen LogP contribution in [0.5, 0.6) is 0 Å². The number of carbonyl (C=O) groups is 1. The van der Waals surface area contributed by atoms with Gasteiger partial charge < -0.3 is 10.2 Å². The summed E-state index contributed by atoms with van der Waals surface area (Å²) in [7, 11) is 0. The molecule has 130 valence electrons. The Hall–Kier alpha value is -1.67. The zero-order valence-corrected chi connectivity index (χ0v) is 15.4. The summed E-state index contributed by atoms with van der Waals surface area (Å²) in [4.78, 5) is 14.1. The molecule has 0 saturated heterocycles. The molecular weight excluding hydrogens is 347 g/mol. The van der Waals surface area contributed by atoms with Gasteiger partial charge in [0.2, 0.25) is 11.0 Å². The summed E-state index contributed by atoms with van der Waals surface area (Å²) in [6.07, 6.45) is 2.10. The van der Waals surface area contributed by atoms with Gasteiger partial charge in [-0.25, -0.2) is 4.39 Å². The molecule has 2 aromatic rings. The summed E-state index contributed by atoms with van der Waals surface area (Å²) in [6, 6.07) is 6.04. The monoisotopic (exact) mass is 368 g/mol. The third-order valence-electron chi connectivity index (χ3n) is 3.34. The van der Waals surface area contributed by atoms with Gasteiger partial charge in [-0.05, 0) is 37.6 Å². The molecule has 0 atom stereocenters. The molecule has 5 nitrogen and oxygen atoms in total. The molecule has 0 aliphatic rings. The Kier molecular flexibility index (Phi) is 7.45. The predicted molar refractivity (Wildman–Crippen MR) is 97.5 cm³/mol. The van der Waals surface area contributed by atoms with Crippen molar-refractivity contribution in [2.75, 3.05) is 24.2 Å². The Morgan fingerprint density at radius 1 is 1.29 bits per heavy atom. The molecule has 0 bridgehead atoms. The van der Waals surface area contributed by atoms with Gasteiger partial charge in [0.25, 0.3) is 0 Å². The minimum atomic E-state index is -0.281. The van der Waals surface area contributed by atoms with Crippen molar-refractivity contribution >= 4 is 39.8 Å². The fourth-order valence-corrected chi connectivity index (χ4v) is 3.67. The predicted octanol–water partition coefficient (Wildman–Crippen LogP) is 4.16. The van der Waals surface area contributed by atoms with E-state index in [-0.39, 0.29) is 11.7 Å². The van der Waals surface area contributed by atoms with E-state index in [0.29, 0.717) is 10.9 Å². The Morgan fingerprint density at radius 2 is 2.04 bits per heavy atom. The zero-order chi connectivity index (χ0) is 17.4. The fourth-order valence-electron chi connectivity index (χ4n) is 2.00. The van der Waals surface area contributed by atoms with Crippen molar-refractivity contribution in [2.24, 2.45) is 0 Å². The van der Waals surface area contributed by atoms with Crippen molar-refractivity contribution in [3.8, 4) is 0 Å². The summed E-state index contributed by atoms with van der Waals surface area (Å²) in [5.74, 6) is 0.207. The maximum absolute atomic E-state index is 12.9. The molecule has 0 unspecified atom stereocenters. The van der Waals surface area contributed by atoms with Crippen LogP contribution in [0.3, 0.4) is 0 Å². The smallest absolute Gasteiger partial charge is 0.233 e. The van der Waals surface area contributed by atoms with E-state index in [0.717, 1.165) is 36.0 Å². The summed E-state index contributed by atoms with van der Waals surface area (Å²) >= 11 is 2.77. The average Bonchev–Trinajstić information content (AvgIpc) is 3.03. The maximum atomic E-state index is 12.9. The molecular formula is C16H21FN4OS2. The van der Waals surface area contributed by atoms with Gasteiger partial charge in [0, 0.05) is 18.8 Å². The van der Waals surface area contributed by atoms with E-state index in [1.54, 1.807) is 12.1 Å². The molecule has 2 rings (SSSR count). The third kappa shape index (κ3) is 5.76. The number of nitrogens with zero attached hydrogens (tertiary/aromatic N) is 3. The van der Waals surface area contributed by atoms with Crippen LogP contribution in [0.25, 0.3) is 0 Å². The Morgan fingerprint density at radius 3 is 2.71 bits per heavy atom. The molecule has 0 fully saturated rings. The highest BCUT2D eigenvalue weighted by Crippen LogP contribution is 2.27. The van der Waals surface area contributed by atoms with Crippen LogP contribution in [0.4, 0.5) is 15.2 Å². The summed E-state index contributed by atoms with van der Waals surface area (Å²) in [5.41, 5.74) is 0.747. The van der Waals surface area contributed by atoms with Gasteiger partial charge >= 0.3 is 0 Å². The van der Waals surface area contributed by atoms with Gasteiger partial charge in [-0.1, -0.05) is 36.4 Å². The molecule has 1 aromatic carbocycles. The molecule has 0 radical (unpaired) electrons. The quantitative estimate of drug-likeness (QED) is 0.674. The number of halogens is 1. The van der Waals surface area contributed by atoms with Crippen LogP contribution in [-0.4, -0.2) is 39.8 Å². The Labute approximate surface area is 149 Å². The highest BCUT2D eigenvalue weighted by atomic mass is 32.2. The molecule has 1 heterocycles. The number of anilines is 2. The van der Waals surface area contributed by atoms with Crippen molar-refractivity contribution < 1.29 is 9.18 Å². The first kappa shape index (κ1) is 18.7. The standard InChI is InChI=1S/C16H21FN4OS2/c1-3-5-10-21(4-2)14(22)11-23-16-20-19-15(24-16)18-13-8-6-12(17)7-9-13/h6-9H,3-5,10-11H2,1-2H3,(H,18,19). The number of aromatic nitrogens is 2. The number of nitrogens with one attached hydrogen (secondary N) is 1. The van der Waals surface area contributed by atoms with Crippen molar-refractivity contribution in [3.63, 3.8) is 0 Å². The number of unbranched alkanes of at least 4 members (excludes halogenated alkanes) is 1. The van der Waals surface area contributed by atoms with Gasteiger partial charge in [-0.15, -0.1) is 10.2 Å². The second-order valence-electron chi connectivity index (χ2n) is 5.12. The largest absolute Gasteiger partial charge is 0.342 e. The first-order chi connectivity index (χ1) is 11.6. The van der Waals surface area contributed by atoms with Gasteiger partial charge in [0.05, 0.1) is 5.75 Å². The van der Waals surface area contributed by atoms with Crippen LogP contribution in [0, 0.1) is 5.82 Å². The van der Waals surface area contributed by atoms with E-state index in [9.17, 15) is 9.18 Å². The lowest BCUT2D eigenvalue weighted by Crippen LogP contribution is -2.33. The Bertz CT molecular complexity index is 648. The lowest BCUT2D eigenvalue weighted by Gasteiger charge is -2.19. The number of thioether (sulfide) groups is 1. The molecule has 1 N–H and O–H groups in total. The number of carbonyl (C=O) groups excluding carboxylic acids is 1. The van der Waals surface area contributed by atoms with E-state index >= 15 is 0 Å². The molecule has 1 amide bonds.